The number of nitrogens with zero attached hydrogens (tertiary/aromatic N) is 1. The van der Waals surface area contributed by atoms with Crippen LogP contribution in [-0.4, -0.2) is 44.7 Å². The molecular formula is C20H22Cl2N2O3S. The average molecular weight is 441 g/mol. The number of rotatable bonds is 4. The first-order valence-corrected chi connectivity index (χ1v) is 11.8. The van der Waals surface area contributed by atoms with Crippen LogP contribution in [0.4, 0.5) is 0 Å². The Labute approximate surface area is 175 Å². The molecule has 150 valence electrons. The van der Waals surface area contributed by atoms with Gasteiger partial charge < -0.3 is 10.5 Å². The number of ether oxygens (including phenoxy) is 1. The van der Waals surface area contributed by atoms with Crippen molar-refractivity contribution in [1.29, 1.82) is 0 Å². The molecule has 1 aliphatic carbocycles. The molecule has 1 fully saturated rings. The van der Waals surface area contributed by atoms with Crippen LogP contribution in [0.3, 0.4) is 0 Å². The van der Waals surface area contributed by atoms with Gasteiger partial charge in [-0.2, -0.15) is 0 Å². The predicted molar refractivity (Wildman–Crippen MR) is 111 cm³/mol. The standard InChI is InChI=1S/C20H22Cl2N2O3S/c1-28(25,26)15-4-2-14(3-5-15)27-20-17-8-12(21)9-18(22)16(17)10-19(20)24-7-6-13(23)11-24/h2-5,8-9,13,19-20H,6-7,10-11,23H2,1H3/t13-,19+,20+/m1/s1. The van der Waals surface area contributed by atoms with Gasteiger partial charge in [-0.05, 0) is 54.8 Å². The van der Waals surface area contributed by atoms with Crippen molar-refractivity contribution in [3.05, 3.63) is 57.6 Å². The third kappa shape index (κ3) is 3.89. The Morgan fingerprint density at radius 3 is 2.50 bits per heavy atom. The Morgan fingerprint density at radius 1 is 1.18 bits per heavy atom. The molecule has 1 aliphatic heterocycles. The summed E-state index contributed by atoms with van der Waals surface area (Å²) < 4.78 is 29.7. The predicted octanol–water partition coefficient (Wildman–Crippen LogP) is 3.47. The number of nitrogens with two attached hydrogens (primary N) is 1. The molecule has 1 saturated heterocycles. The van der Waals surface area contributed by atoms with Crippen molar-refractivity contribution in [3.63, 3.8) is 0 Å². The van der Waals surface area contributed by atoms with Crippen LogP contribution in [0.2, 0.25) is 10.0 Å². The first-order chi connectivity index (χ1) is 13.2. The van der Waals surface area contributed by atoms with Crippen LogP contribution in [0.5, 0.6) is 5.75 Å². The maximum atomic E-state index is 11.7. The zero-order valence-electron chi connectivity index (χ0n) is 15.4. The van der Waals surface area contributed by atoms with Gasteiger partial charge in [0, 0.05) is 41.0 Å². The molecule has 2 N–H and O–H groups in total. The van der Waals surface area contributed by atoms with Crippen molar-refractivity contribution in [2.45, 2.75) is 35.9 Å². The maximum absolute atomic E-state index is 11.7. The Balaban J connectivity index is 1.67. The average Bonchev–Trinajstić information content (AvgIpc) is 3.19. The Morgan fingerprint density at radius 2 is 1.89 bits per heavy atom. The van der Waals surface area contributed by atoms with E-state index in [1.54, 1.807) is 30.3 Å². The van der Waals surface area contributed by atoms with Gasteiger partial charge in [-0.25, -0.2) is 8.42 Å². The van der Waals surface area contributed by atoms with Crippen molar-refractivity contribution in [2.75, 3.05) is 19.3 Å². The Kier molecular flexibility index (Phi) is 5.35. The largest absolute Gasteiger partial charge is 0.484 e. The lowest BCUT2D eigenvalue weighted by Crippen LogP contribution is -2.40. The number of fused-ring (bicyclic) bond motifs is 1. The molecule has 0 aromatic heterocycles. The molecule has 0 spiro atoms. The normalized spacial score (nSPS) is 25.1. The molecule has 5 nitrogen and oxygen atoms in total. The lowest BCUT2D eigenvalue weighted by atomic mass is 10.1. The Bertz CT molecular complexity index is 995. The van der Waals surface area contributed by atoms with Gasteiger partial charge in [0.1, 0.15) is 11.9 Å². The van der Waals surface area contributed by atoms with Gasteiger partial charge in [0.2, 0.25) is 0 Å². The maximum Gasteiger partial charge on any atom is 0.175 e. The lowest BCUT2D eigenvalue weighted by molar-refractivity contribution is 0.0932. The molecule has 0 amide bonds. The van der Waals surface area contributed by atoms with Gasteiger partial charge in [0.15, 0.2) is 9.84 Å². The zero-order valence-corrected chi connectivity index (χ0v) is 17.8. The molecule has 1 heterocycles. The van der Waals surface area contributed by atoms with Crippen LogP contribution in [-0.2, 0) is 16.3 Å². The molecule has 0 saturated carbocycles. The fraction of sp³-hybridized carbons (Fsp3) is 0.400. The molecule has 0 radical (unpaired) electrons. The second kappa shape index (κ2) is 7.50. The van der Waals surface area contributed by atoms with Crippen LogP contribution in [0.25, 0.3) is 0 Å². The third-order valence-corrected chi connectivity index (χ3v) is 7.19. The number of halogens is 2. The SMILES string of the molecule is CS(=O)(=O)c1ccc(O[C@H]2c3cc(Cl)cc(Cl)c3C[C@@H]2N2CC[C@@H](N)C2)cc1. The van der Waals surface area contributed by atoms with Crippen molar-refractivity contribution in [2.24, 2.45) is 5.73 Å². The molecule has 28 heavy (non-hydrogen) atoms. The van der Waals surface area contributed by atoms with E-state index < -0.39 is 9.84 Å². The highest BCUT2D eigenvalue weighted by atomic mass is 35.5. The second-order valence-electron chi connectivity index (χ2n) is 7.55. The molecular weight excluding hydrogens is 419 g/mol. The number of hydrogen-bond donors (Lipinski definition) is 1. The first kappa shape index (κ1) is 20.0. The molecule has 0 bridgehead atoms. The van der Waals surface area contributed by atoms with Crippen LogP contribution < -0.4 is 10.5 Å². The first-order valence-electron chi connectivity index (χ1n) is 9.16. The molecule has 2 aromatic rings. The van der Waals surface area contributed by atoms with Crippen molar-refractivity contribution >= 4 is 33.0 Å². The van der Waals surface area contributed by atoms with Gasteiger partial charge in [0.25, 0.3) is 0 Å². The summed E-state index contributed by atoms with van der Waals surface area (Å²) in [5.41, 5.74) is 8.15. The van der Waals surface area contributed by atoms with Crippen LogP contribution in [0, 0.1) is 0 Å². The molecule has 4 rings (SSSR count). The lowest BCUT2D eigenvalue weighted by Gasteiger charge is -2.30. The van der Waals surface area contributed by atoms with Gasteiger partial charge >= 0.3 is 0 Å². The molecule has 2 aromatic carbocycles. The van der Waals surface area contributed by atoms with E-state index in [1.807, 2.05) is 6.07 Å². The fourth-order valence-corrected chi connectivity index (χ4v) is 5.32. The highest BCUT2D eigenvalue weighted by Gasteiger charge is 2.41. The van der Waals surface area contributed by atoms with E-state index in [0.717, 1.165) is 37.1 Å². The van der Waals surface area contributed by atoms with Gasteiger partial charge in [-0.1, -0.05) is 23.2 Å². The number of likely N-dealkylation sites (tertiary alicyclic amines) is 1. The van der Waals surface area contributed by atoms with Crippen molar-refractivity contribution < 1.29 is 13.2 Å². The van der Waals surface area contributed by atoms with Crippen LogP contribution in [0.1, 0.15) is 23.7 Å². The summed E-state index contributed by atoms with van der Waals surface area (Å²) in [4.78, 5) is 2.62. The molecule has 0 unspecified atom stereocenters. The Hall–Kier alpha value is -1.31. The minimum absolute atomic E-state index is 0.106. The quantitative estimate of drug-likeness (QED) is 0.787. The number of hydrogen-bond acceptors (Lipinski definition) is 5. The summed E-state index contributed by atoms with van der Waals surface area (Å²) in [6.45, 7) is 1.73. The number of sulfone groups is 1. The van der Waals surface area contributed by atoms with E-state index in [-0.39, 0.29) is 23.1 Å². The smallest absolute Gasteiger partial charge is 0.175 e. The van der Waals surface area contributed by atoms with Crippen molar-refractivity contribution in [3.8, 4) is 5.75 Å². The zero-order chi connectivity index (χ0) is 20.1. The fourth-order valence-electron chi connectivity index (χ4n) is 4.11. The summed E-state index contributed by atoms with van der Waals surface area (Å²) in [6.07, 6.45) is 2.66. The van der Waals surface area contributed by atoms with Crippen LogP contribution >= 0.6 is 23.2 Å². The van der Waals surface area contributed by atoms with E-state index in [4.69, 9.17) is 33.7 Å². The minimum Gasteiger partial charge on any atom is -0.484 e. The van der Waals surface area contributed by atoms with E-state index >= 15 is 0 Å². The second-order valence-corrected chi connectivity index (χ2v) is 10.4. The summed E-state index contributed by atoms with van der Waals surface area (Å²) in [7, 11) is -3.25. The molecule has 2 aliphatic rings. The van der Waals surface area contributed by atoms with E-state index in [9.17, 15) is 8.42 Å². The topological polar surface area (TPSA) is 72.6 Å². The van der Waals surface area contributed by atoms with Crippen LogP contribution in [0.15, 0.2) is 41.3 Å². The van der Waals surface area contributed by atoms with E-state index in [0.29, 0.717) is 15.8 Å². The molecule has 8 heteroatoms. The van der Waals surface area contributed by atoms with Gasteiger partial charge in [-0.3, -0.25) is 4.90 Å². The summed E-state index contributed by atoms with van der Waals surface area (Å²) >= 11 is 12.7. The molecule has 3 atom stereocenters. The third-order valence-electron chi connectivity index (χ3n) is 5.50. The highest BCUT2D eigenvalue weighted by Crippen LogP contribution is 2.43. The summed E-state index contributed by atoms with van der Waals surface area (Å²) in [5, 5.41) is 1.22. The summed E-state index contributed by atoms with van der Waals surface area (Å²) in [5.74, 6) is 0.606. The number of benzene rings is 2. The van der Waals surface area contributed by atoms with Gasteiger partial charge in [-0.15, -0.1) is 0 Å². The monoisotopic (exact) mass is 440 g/mol. The highest BCUT2D eigenvalue weighted by molar-refractivity contribution is 7.90. The summed E-state index contributed by atoms with van der Waals surface area (Å²) in [6, 6.07) is 10.4. The van der Waals surface area contributed by atoms with E-state index in [1.165, 1.54) is 6.26 Å². The van der Waals surface area contributed by atoms with Gasteiger partial charge in [0.05, 0.1) is 10.9 Å². The van der Waals surface area contributed by atoms with Crippen molar-refractivity contribution in [1.82, 2.24) is 4.90 Å². The minimum atomic E-state index is -3.25. The van der Waals surface area contributed by atoms with E-state index in [2.05, 4.69) is 4.90 Å².